The number of rotatable bonds is 0. The number of aryl methyl sites for hydroxylation is 1. The Morgan fingerprint density at radius 2 is 2.05 bits per heavy atom. The predicted molar refractivity (Wildman–Crippen MR) is 89.7 cm³/mol. The van der Waals surface area contributed by atoms with Crippen molar-refractivity contribution in [3.8, 4) is 0 Å². The number of benzene rings is 1. The van der Waals surface area contributed by atoms with Gasteiger partial charge in [-0.2, -0.15) is 0 Å². The number of fused-ring (bicyclic) bond motifs is 4. The zero-order valence-electron chi connectivity index (χ0n) is 13.8. The van der Waals surface area contributed by atoms with Crippen molar-refractivity contribution in [2.75, 3.05) is 13.6 Å². The van der Waals surface area contributed by atoms with E-state index in [1.807, 2.05) is 0 Å². The van der Waals surface area contributed by atoms with Crippen molar-refractivity contribution in [3.05, 3.63) is 35.4 Å². The summed E-state index contributed by atoms with van der Waals surface area (Å²) in [6.45, 7) is 3.18. The van der Waals surface area contributed by atoms with Gasteiger partial charge in [0.2, 0.25) is 5.91 Å². The number of carbonyl (C=O) groups is 1. The average Bonchev–Trinajstić information content (AvgIpc) is 2.51. The highest BCUT2D eigenvalue weighted by Gasteiger charge is 2.32. The summed E-state index contributed by atoms with van der Waals surface area (Å²) in [6.07, 6.45) is 6.67. The summed E-state index contributed by atoms with van der Waals surface area (Å²) in [5.41, 5.74) is 2.80. The third kappa shape index (κ3) is 3.35. The van der Waals surface area contributed by atoms with E-state index >= 15 is 0 Å². The second kappa shape index (κ2) is 6.82. The van der Waals surface area contributed by atoms with Crippen LogP contribution in [0.1, 0.15) is 56.2 Å². The maximum atomic E-state index is 12.5. The summed E-state index contributed by atoms with van der Waals surface area (Å²) >= 11 is 0. The zero-order chi connectivity index (χ0) is 15.5. The molecule has 22 heavy (non-hydrogen) atoms. The van der Waals surface area contributed by atoms with Crippen LogP contribution in [0.5, 0.6) is 0 Å². The summed E-state index contributed by atoms with van der Waals surface area (Å²) in [5.74, 6) is 0.368. The summed E-state index contributed by atoms with van der Waals surface area (Å²) < 4.78 is 0. The molecule has 3 unspecified atom stereocenters. The van der Waals surface area contributed by atoms with E-state index in [4.69, 9.17) is 0 Å². The van der Waals surface area contributed by atoms with Crippen LogP contribution in [0, 0.1) is 5.92 Å². The number of likely N-dealkylation sites (N-methyl/N-ethyl adjacent to an activating group) is 1. The van der Waals surface area contributed by atoms with Gasteiger partial charge in [0.15, 0.2) is 0 Å². The van der Waals surface area contributed by atoms with Crippen molar-refractivity contribution < 1.29 is 4.79 Å². The summed E-state index contributed by atoms with van der Waals surface area (Å²) in [6, 6.07) is 9.56. The molecular formula is C19H28N2O. The quantitative estimate of drug-likeness (QED) is 0.797. The Bertz CT molecular complexity index is 528. The topological polar surface area (TPSA) is 32.3 Å². The minimum absolute atomic E-state index is 0.130. The Labute approximate surface area is 134 Å². The zero-order valence-corrected chi connectivity index (χ0v) is 13.8. The van der Waals surface area contributed by atoms with Crippen LogP contribution in [0.2, 0.25) is 0 Å². The minimum atomic E-state index is 0.130. The maximum Gasteiger partial charge on any atom is 0.223 e. The van der Waals surface area contributed by atoms with Gasteiger partial charge in [-0.1, -0.05) is 37.6 Å². The van der Waals surface area contributed by atoms with Gasteiger partial charge in [-0.3, -0.25) is 9.69 Å². The molecule has 1 aromatic rings. The van der Waals surface area contributed by atoms with Crippen LogP contribution in [-0.4, -0.2) is 30.4 Å². The smallest absolute Gasteiger partial charge is 0.223 e. The van der Waals surface area contributed by atoms with E-state index in [-0.39, 0.29) is 17.9 Å². The molecule has 0 saturated carbocycles. The normalized spacial score (nSPS) is 30.6. The van der Waals surface area contributed by atoms with Crippen molar-refractivity contribution in [2.24, 2.45) is 5.92 Å². The highest BCUT2D eigenvalue weighted by atomic mass is 16.1. The fourth-order valence-electron chi connectivity index (χ4n) is 3.97. The van der Waals surface area contributed by atoms with Crippen LogP contribution in [0.15, 0.2) is 24.3 Å². The highest BCUT2D eigenvalue weighted by molar-refractivity contribution is 5.78. The van der Waals surface area contributed by atoms with Crippen LogP contribution in [-0.2, 0) is 11.2 Å². The van der Waals surface area contributed by atoms with Crippen LogP contribution >= 0.6 is 0 Å². The first kappa shape index (κ1) is 15.5. The molecule has 0 aromatic heterocycles. The van der Waals surface area contributed by atoms with Crippen LogP contribution in [0.4, 0.5) is 0 Å². The van der Waals surface area contributed by atoms with Gasteiger partial charge in [0.25, 0.3) is 0 Å². The molecule has 0 aliphatic carbocycles. The Morgan fingerprint density at radius 1 is 1.18 bits per heavy atom. The molecule has 0 spiro atoms. The van der Waals surface area contributed by atoms with E-state index in [1.54, 1.807) is 0 Å². The third-order valence-electron chi connectivity index (χ3n) is 5.30. The number of piperidine rings is 1. The number of carbonyl (C=O) groups excluding carboxylic acids is 1. The fraction of sp³-hybridized carbons (Fsp3) is 0.632. The van der Waals surface area contributed by atoms with Gasteiger partial charge in [0.1, 0.15) is 0 Å². The van der Waals surface area contributed by atoms with E-state index in [0.29, 0.717) is 6.04 Å². The average molecular weight is 300 g/mol. The maximum absolute atomic E-state index is 12.5. The summed E-state index contributed by atoms with van der Waals surface area (Å²) in [5, 5.41) is 3.35. The molecule has 1 aromatic carbocycles. The molecule has 2 aliphatic rings. The van der Waals surface area contributed by atoms with E-state index in [2.05, 4.69) is 48.5 Å². The lowest BCUT2D eigenvalue weighted by Crippen LogP contribution is -2.49. The molecule has 2 heterocycles. The van der Waals surface area contributed by atoms with Crippen LogP contribution < -0.4 is 5.32 Å². The summed E-state index contributed by atoms with van der Waals surface area (Å²) in [4.78, 5) is 14.9. The lowest BCUT2D eigenvalue weighted by atomic mass is 9.88. The van der Waals surface area contributed by atoms with E-state index in [1.165, 1.54) is 17.5 Å². The number of likely N-dealkylation sites (tertiary alicyclic amines) is 1. The van der Waals surface area contributed by atoms with Gasteiger partial charge < -0.3 is 5.32 Å². The van der Waals surface area contributed by atoms with Crippen LogP contribution in [0.25, 0.3) is 0 Å². The monoisotopic (exact) mass is 300 g/mol. The van der Waals surface area contributed by atoms with Gasteiger partial charge in [0, 0.05) is 12.0 Å². The Hall–Kier alpha value is -1.35. The molecule has 3 rings (SSSR count). The SMILES string of the molecule is CC1CCCCc2cccc(c2)C2C(CCCN2C)NC1=O. The largest absolute Gasteiger partial charge is 0.351 e. The van der Waals surface area contributed by atoms with E-state index < -0.39 is 0 Å². The van der Waals surface area contributed by atoms with E-state index in [0.717, 1.165) is 38.6 Å². The Balaban J connectivity index is 1.93. The molecule has 0 radical (unpaired) electrons. The van der Waals surface area contributed by atoms with Gasteiger partial charge in [-0.05, 0) is 56.8 Å². The van der Waals surface area contributed by atoms with Crippen molar-refractivity contribution in [1.82, 2.24) is 10.2 Å². The van der Waals surface area contributed by atoms with Crippen molar-refractivity contribution >= 4 is 5.91 Å². The first-order valence-corrected chi connectivity index (χ1v) is 8.74. The first-order chi connectivity index (χ1) is 10.6. The van der Waals surface area contributed by atoms with Crippen molar-refractivity contribution in [3.63, 3.8) is 0 Å². The second-order valence-electron chi connectivity index (χ2n) is 7.07. The molecular weight excluding hydrogens is 272 g/mol. The van der Waals surface area contributed by atoms with Crippen molar-refractivity contribution in [2.45, 2.75) is 57.5 Å². The van der Waals surface area contributed by atoms with Crippen LogP contribution in [0.3, 0.4) is 0 Å². The van der Waals surface area contributed by atoms with Gasteiger partial charge in [-0.25, -0.2) is 0 Å². The van der Waals surface area contributed by atoms with Gasteiger partial charge in [0.05, 0.1) is 6.04 Å². The fourth-order valence-corrected chi connectivity index (χ4v) is 3.97. The third-order valence-corrected chi connectivity index (χ3v) is 5.30. The number of hydrogen-bond acceptors (Lipinski definition) is 2. The number of amides is 1. The Kier molecular flexibility index (Phi) is 4.82. The molecule has 3 atom stereocenters. The molecule has 1 fully saturated rings. The standard InChI is InChI=1S/C19H28N2O/c1-14-7-3-4-8-15-9-5-10-16(13-15)18-17(20-19(14)22)11-6-12-21(18)2/h5,9-10,13-14,17-18H,3-4,6-8,11-12H2,1-2H3,(H,20,22). The highest BCUT2D eigenvalue weighted by Crippen LogP contribution is 2.31. The predicted octanol–water partition coefficient (Wildman–Crippen LogP) is 3.30. The minimum Gasteiger partial charge on any atom is -0.351 e. The van der Waals surface area contributed by atoms with Gasteiger partial charge >= 0.3 is 0 Å². The lowest BCUT2D eigenvalue weighted by molar-refractivity contribution is -0.126. The molecule has 1 saturated heterocycles. The lowest BCUT2D eigenvalue weighted by Gasteiger charge is -2.40. The molecule has 1 amide bonds. The molecule has 120 valence electrons. The molecule has 2 aliphatic heterocycles. The first-order valence-electron chi connectivity index (χ1n) is 8.74. The Morgan fingerprint density at radius 3 is 2.91 bits per heavy atom. The van der Waals surface area contributed by atoms with Crippen molar-refractivity contribution in [1.29, 1.82) is 0 Å². The molecule has 3 nitrogen and oxygen atoms in total. The van der Waals surface area contributed by atoms with Gasteiger partial charge in [-0.15, -0.1) is 0 Å². The molecule has 2 bridgehead atoms. The number of nitrogens with zero attached hydrogens (tertiary/aromatic N) is 1. The summed E-state index contributed by atoms with van der Waals surface area (Å²) in [7, 11) is 2.19. The van der Waals surface area contributed by atoms with E-state index in [9.17, 15) is 4.79 Å². The molecule has 1 N–H and O–H groups in total. The molecule has 3 heteroatoms. The number of hydrogen-bond donors (Lipinski definition) is 1. The second-order valence-corrected chi connectivity index (χ2v) is 7.07. The number of nitrogens with one attached hydrogen (secondary N) is 1.